The van der Waals surface area contributed by atoms with Crippen molar-refractivity contribution in [3.63, 3.8) is 0 Å². The van der Waals surface area contributed by atoms with Gasteiger partial charge in [0.25, 0.3) is 5.88 Å². The molecule has 1 aromatic carbocycles. The van der Waals surface area contributed by atoms with Crippen LogP contribution >= 0.6 is 11.3 Å². The number of thiazole rings is 1. The average Bonchev–Trinajstić information content (AvgIpc) is 3.00. The van der Waals surface area contributed by atoms with Crippen molar-refractivity contribution in [2.45, 2.75) is 6.92 Å². The van der Waals surface area contributed by atoms with Gasteiger partial charge in [0.2, 0.25) is 0 Å². The zero-order valence-electron chi connectivity index (χ0n) is 10.9. The number of aryl methyl sites for hydroxylation is 1. The zero-order chi connectivity index (χ0) is 15.0. The van der Waals surface area contributed by atoms with Crippen LogP contribution in [0, 0.1) is 18.3 Å². The molecule has 0 saturated carbocycles. The normalized spacial score (nSPS) is 10.5. The van der Waals surface area contributed by atoms with Crippen LogP contribution in [-0.4, -0.2) is 20.5 Å². The van der Waals surface area contributed by atoms with E-state index in [0.717, 1.165) is 5.56 Å². The van der Waals surface area contributed by atoms with Gasteiger partial charge in [-0.15, -0.1) is 11.3 Å². The molecule has 0 amide bonds. The smallest absolute Gasteiger partial charge is 0.358 e. The van der Waals surface area contributed by atoms with Crippen molar-refractivity contribution < 1.29 is 14.6 Å². The number of hydrogen-bond acceptors (Lipinski definition) is 5. The third-order valence-electron chi connectivity index (χ3n) is 2.96. The van der Waals surface area contributed by atoms with Crippen molar-refractivity contribution in [3.05, 3.63) is 46.6 Å². The number of hydrogen-bond donors (Lipinski definition) is 1. The third-order valence-corrected chi connectivity index (χ3v) is 3.71. The van der Waals surface area contributed by atoms with Crippen LogP contribution in [0.1, 0.15) is 21.6 Å². The van der Waals surface area contributed by atoms with Crippen LogP contribution in [0.5, 0.6) is 11.6 Å². The number of carboxylic acids is 1. The van der Waals surface area contributed by atoms with Crippen molar-refractivity contribution in [3.8, 4) is 17.7 Å². The lowest BCUT2D eigenvalue weighted by molar-refractivity contribution is 0.0686. The summed E-state index contributed by atoms with van der Waals surface area (Å²) in [5.41, 5.74) is 1.20. The molecule has 3 rings (SSSR count). The standard InChI is InChI=1S/C14H9N3O3S/c1-8-2-3-9(7-15)6-10(8)20-12-11(13(18)19)17-4-5-21-14(17)16-12/h2-6H,1H3,(H,18,19). The van der Waals surface area contributed by atoms with Crippen LogP contribution in [-0.2, 0) is 0 Å². The Kier molecular flexibility index (Phi) is 3.08. The Morgan fingerprint density at radius 2 is 2.33 bits per heavy atom. The van der Waals surface area contributed by atoms with Gasteiger partial charge in [0, 0.05) is 11.6 Å². The lowest BCUT2D eigenvalue weighted by Crippen LogP contribution is -2.03. The number of benzene rings is 1. The summed E-state index contributed by atoms with van der Waals surface area (Å²) in [5.74, 6) is -0.681. The molecule has 2 aromatic heterocycles. The molecule has 2 heterocycles. The molecule has 0 fully saturated rings. The molecule has 7 heteroatoms. The maximum Gasteiger partial charge on any atom is 0.358 e. The Morgan fingerprint density at radius 1 is 1.52 bits per heavy atom. The van der Waals surface area contributed by atoms with Crippen LogP contribution in [0.2, 0.25) is 0 Å². The summed E-state index contributed by atoms with van der Waals surface area (Å²) in [4.78, 5) is 16.1. The number of nitrogens with zero attached hydrogens (tertiary/aromatic N) is 3. The minimum Gasteiger partial charge on any atom is -0.476 e. The van der Waals surface area contributed by atoms with Crippen LogP contribution < -0.4 is 4.74 Å². The molecule has 0 radical (unpaired) electrons. The monoisotopic (exact) mass is 299 g/mol. The molecule has 0 aliphatic rings. The van der Waals surface area contributed by atoms with E-state index in [4.69, 9.17) is 10.00 Å². The summed E-state index contributed by atoms with van der Waals surface area (Å²) in [7, 11) is 0. The van der Waals surface area contributed by atoms with Gasteiger partial charge < -0.3 is 9.84 Å². The highest BCUT2D eigenvalue weighted by Gasteiger charge is 2.22. The molecular weight excluding hydrogens is 290 g/mol. The predicted molar refractivity (Wildman–Crippen MR) is 76.0 cm³/mol. The molecule has 21 heavy (non-hydrogen) atoms. The second-order valence-electron chi connectivity index (χ2n) is 4.32. The highest BCUT2D eigenvalue weighted by atomic mass is 32.1. The Hall–Kier alpha value is -2.85. The summed E-state index contributed by atoms with van der Waals surface area (Å²) in [6.07, 6.45) is 1.63. The van der Waals surface area contributed by atoms with Crippen LogP contribution in [0.4, 0.5) is 0 Å². The predicted octanol–water partition coefficient (Wildman–Crippen LogP) is 3.07. The number of aromatic nitrogens is 2. The van der Waals surface area contributed by atoms with E-state index in [1.807, 2.05) is 13.0 Å². The Bertz CT molecular complexity index is 889. The minimum absolute atomic E-state index is 0.0209. The van der Waals surface area contributed by atoms with E-state index in [2.05, 4.69) is 4.98 Å². The fraction of sp³-hybridized carbons (Fsp3) is 0.0714. The minimum atomic E-state index is -1.12. The number of aromatic carboxylic acids is 1. The van der Waals surface area contributed by atoms with Crippen molar-refractivity contribution >= 4 is 22.3 Å². The fourth-order valence-electron chi connectivity index (χ4n) is 1.92. The number of fused-ring (bicyclic) bond motifs is 1. The molecule has 6 nitrogen and oxygen atoms in total. The molecule has 0 saturated heterocycles. The van der Waals surface area contributed by atoms with Crippen molar-refractivity contribution in [2.75, 3.05) is 0 Å². The van der Waals surface area contributed by atoms with Crippen molar-refractivity contribution in [1.82, 2.24) is 9.38 Å². The van der Waals surface area contributed by atoms with E-state index < -0.39 is 5.97 Å². The molecule has 0 atom stereocenters. The van der Waals surface area contributed by atoms with Gasteiger partial charge in [-0.1, -0.05) is 6.07 Å². The van der Waals surface area contributed by atoms with Crippen LogP contribution in [0.25, 0.3) is 4.96 Å². The lowest BCUT2D eigenvalue weighted by atomic mass is 10.1. The van der Waals surface area contributed by atoms with Gasteiger partial charge in [-0.2, -0.15) is 10.2 Å². The second kappa shape index (κ2) is 4.92. The zero-order valence-corrected chi connectivity index (χ0v) is 11.7. The maximum absolute atomic E-state index is 11.4. The molecule has 0 aliphatic heterocycles. The van der Waals surface area contributed by atoms with Gasteiger partial charge in [0.05, 0.1) is 11.6 Å². The summed E-state index contributed by atoms with van der Waals surface area (Å²) in [5, 5.41) is 20.0. The fourth-order valence-corrected chi connectivity index (χ4v) is 2.62. The number of carboxylic acid groups (broad SMARTS) is 1. The maximum atomic E-state index is 11.4. The topological polar surface area (TPSA) is 87.6 Å². The number of carbonyl (C=O) groups is 1. The van der Waals surface area contributed by atoms with E-state index in [9.17, 15) is 9.90 Å². The third kappa shape index (κ3) is 2.22. The van der Waals surface area contributed by atoms with Gasteiger partial charge in [-0.3, -0.25) is 4.40 Å². The number of imidazole rings is 1. The number of ether oxygens (including phenoxy) is 1. The molecular formula is C14H9N3O3S. The Labute approximate surface area is 123 Å². The molecule has 0 aliphatic carbocycles. The summed E-state index contributed by atoms with van der Waals surface area (Å²) >= 11 is 1.32. The van der Waals surface area contributed by atoms with Gasteiger partial charge in [-0.05, 0) is 24.6 Å². The Morgan fingerprint density at radius 3 is 3.05 bits per heavy atom. The summed E-state index contributed by atoms with van der Waals surface area (Å²) in [6, 6.07) is 7.00. The SMILES string of the molecule is Cc1ccc(C#N)cc1Oc1nc2sccn2c1C(=O)O. The summed E-state index contributed by atoms with van der Waals surface area (Å²) < 4.78 is 7.09. The lowest BCUT2D eigenvalue weighted by Gasteiger charge is -2.07. The second-order valence-corrected chi connectivity index (χ2v) is 5.19. The van der Waals surface area contributed by atoms with E-state index in [1.165, 1.54) is 15.7 Å². The largest absolute Gasteiger partial charge is 0.476 e. The van der Waals surface area contributed by atoms with Gasteiger partial charge in [-0.25, -0.2) is 4.79 Å². The highest BCUT2D eigenvalue weighted by molar-refractivity contribution is 7.15. The first-order chi connectivity index (χ1) is 10.1. The van der Waals surface area contributed by atoms with Gasteiger partial charge in [0.15, 0.2) is 10.7 Å². The van der Waals surface area contributed by atoms with Gasteiger partial charge in [0.1, 0.15) is 5.75 Å². The molecule has 0 bridgehead atoms. The molecule has 1 N–H and O–H groups in total. The van der Waals surface area contributed by atoms with E-state index in [-0.39, 0.29) is 11.6 Å². The molecule has 0 spiro atoms. The van der Waals surface area contributed by atoms with E-state index in [0.29, 0.717) is 16.3 Å². The molecule has 0 unspecified atom stereocenters. The van der Waals surface area contributed by atoms with Gasteiger partial charge >= 0.3 is 5.97 Å². The molecule has 104 valence electrons. The first-order valence-corrected chi connectivity index (χ1v) is 6.85. The first-order valence-electron chi connectivity index (χ1n) is 5.97. The van der Waals surface area contributed by atoms with Crippen molar-refractivity contribution in [1.29, 1.82) is 5.26 Å². The van der Waals surface area contributed by atoms with Crippen LogP contribution in [0.3, 0.4) is 0 Å². The number of nitriles is 1. The summed E-state index contributed by atoms with van der Waals surface area (Å²) in [6.45, 7) is 1.81. The first kappa shape index (κ1) is 13.1. The average molecular weight is 299 g/mol. The van der Waals surface area contributed by atoms with Crippen molar-refractivity contribution in [2.24, 2.45) is 0 Å². The molecule has 3 aromatic rings. The highest BCUT2D eigenvalue weighted by Crippen LogP contribution is 2.30. The number of rotatable bonds is 3. The quantitative estimate of drug-likeness (QED) is 0.803. The van der Waals surface area contributed by atoms with Crippen LogP contribution in [0.15, 0.2) is 29.8 Å². The van der Waals surface area contributed by atoms with E-state index >= 15 is 0 Å². The Balaban J connectivity index is 2.10. The van der Waals surface area contributed by atoms with E-state index in [1.54, 1.807) is 29.8 Å².